The molecule has 0 bridgehead atoms. The smallest absolute Gasteiger partial charge is 0.167 e. The normalized spacial score (nSPS) is 24.1. The van der Waals surface area contributed by atoms with E-state index in [1.165, 1.54) is 0 Å². The molecule has 2 heteroatoms. The van der Waals surface area contributed by atoms with Crippen LogP contribution in [0.3, 0.4) is 0 Å². The number of ketones is 1. The van der Waals surface area contributed by atoms with Crippen LogP contribution in [0.25, 0.3) is 0 Å². The fourth-order valence-electron chi connectivity index (χ4n) is 1.37. The number of aliphatic hydroxyl groups excluding tert-OH is 1. The largest absolute Gasteiger partial charge is 0.512 e. The number of Topliss-reactive ketones (excluding diaryl/α,β-unsaturated/α-hetero) is 1. The van der Waals surface area contributed by atoms with E-state index in [0.717, 1.165) is 6.42 Å². The van der Waals surface area contributed by atoms with E-state index in [0.29, 0.717) is 12.0 Å². The van der Waals surface area contributed by atoms with Gasteiger partial charge in [-0.2, -0.15) is 0 Å². The van der Waals surface area contributed by atoms with Crippen molar-refractivity contribution in [1.29, 1.82) is 0 Å². The predicted octanol–water partition coefficient (Wildman–Crippen LogP) is 2.21. The van der Waals surface area contributed by atoms with Crippen molar-refractivity contribution in [2.24, 2.45) is 5.41 Å². The highest BCUT2D eigenvalue weighted by molar-refractivity contribution is 6.00. The summed E-state index contributed by atoms with van der Waals surface area (Å²) in [7, 11) is 0. The molecular formula is C9H14O2. The molecule has 0 heterocycles. The van der Waals surface area contributed by atoms with Gasteiger partial charge in [-0.15, -0.1) is 0 Å². The lowest BCUT2D eigenvalue weighted by Crippen LogP contribution is -2.29. The predicted molar refractivity (Wildman–Crippen MR) is 43.4 cm³/mol. The zero-order valence-electron chi connectivity index (χ0n) is 7.27. The Labute approximate surface area is 66.9 Å². The van der Waals surface area contributed by atoms with Gasteiger partial charge in [0.2, 0.25) is 0 Å². The number of carbonyl (C=O) groups is 1. The molecule has 1 aliphatic carbocycles. The summed E-state index contributed by atoms with van der Waals surface area (Å²) in [6, 6.07) is 0. The maximum absolute atomic E-state index is 11.4. The van der Waals surface area contributed by atoms with Crippen LogP contribution in [0.15, 0.2) is 11.3 Å². The SMILES string of the molecule is CC1=C(O)CCC(C)(C)C1=O. The van der Waals surface area contributed by atoms with Gasteiger partial charge < -0.3 is 5.11 Å². The standard InChI is InChI=1S/C9H14O2/c1-6-7(10)4-5-9(2,3)8(6)11/h10H,4-5H2,1-3H3. The van der Waals surface area contributed by atoms with Gasteiger partial charge in [0, 0.05) is 17.4 Å². The number of hydrogen-bond acceptors (Lipinski definition) is 2. The highest BCUT2D eigenvalue weighted by Crippen LogP contribution is 2.34. The molecule has 0 aliphatic heterocycles. The van der Waals surface area contributed by atoms with Crippen molar-refractivity contribution in [1.82, 2.24) is 0 Å². The van der Waals surface area contributed by atoms with Crippen molar-refractivity contribution in [3.8, 4) is 0 Å². The molecule has 0 aromatic rings. The van der Waals surface area contributed by atoms with Crippen molar-refractivity contribution in [3.05, 3.63) is 11.3 Å². The van der Waals surface area contributed by atoms with Crippen LogP contribution in [0.2, 0.25) is 0 Å². The van der Waals surface area contributed by atoms with Gasteiger partial charge in [-0.1, -0.05) is 13.8 Å². The molecule has 0 spiro atoms. The summed E-state index contributed by atoms with van der Waals surface area (Å²) in [5.41, 5.74) is 0.275. The van der Waals surface area contributed by atoms with Crippen molar-refractivity contribution in [2.75, 3.05) is 0 Å². The highest BCUT2D eigenvalue weighted by Gasteiger charge is 2.33. The first-order valence-corrected chi connectivity index (χ1v) is 3.88. The van der Waals surface area contributed by atoms with Crippen LogP contribution < -0.4 is 0 Å². The maximum atomic E-state index is 11.4. The lowest BCUT2D eigenvalue weighted by molar-refractivity contribution is -0.124. The average Bonchev–Trinajstić information content (AvgIpc) is 1.95. The van der Waals surface area contributed by atoms with E-state index in [-0.39, 0.29) is 17.0 Å². The van der Waals surface area contributed by atoms with Crippen molar-refractivity contribution >= 4 is 5.78 Å². The van der Waals surface area contributed by atoms with Gasteiger partial charge in [-0.25, -0.2) is 0 Å². The second-order valence-corrected chi connectivity index (χ2v) is 3.78. The van der Waals surface area contributed by atoms with E-state index in [1.807, 2.05) is 13.8 Å². The van der Waals surface area contributed by atoms with E-state index in [2.05, 4.69) is 0 Å². The summed E-state index contributed by atoms with van der Waals surface area (Å²) in [4.78, 5) is 11.4. The van der Waals surface area contributed by atoms with E-state index in [1.54, 1.807) is 6.92 Å². The molecule has 0 saturated heterocycles. The molecule has 0 unspecified atom stereocenters. The molecule has 2 nitrogen and oxygen atoms in total. The second-order valence-electron chi connectivity index (χ2n) is 3.78. The first-order chi connectivity index (χ1) is 4.95. The molecule has 0 saturated carbocycles. The summed E-state index contributed by atoms with van der Waals surface area (Å²) in [5.74, 6) is 0.357. The third kappa shape index (κ3) is 1.30. The van der Waals surface area contributed by atoms with E-state index in [4.69, 9.17) is 0 Å². The van der Waals surface area contributed by atoms with Crippen molar-refractivity contribution < 1.29 is 9.90 Å². The Balaban J connectivity index is 3.00. The third-order valence-electron chi connectivity index (χ3n) is 2.37. The van der Waals surface area contributed by atoms with Crippen molar-refractivity contribution in [3.63, 3.8) is 0 Å². The zero-order chi connectivity index (χ0) is 8.65. The number of aliphatic hydroxyl groups is 1. The third-order valence-corrected chi connectivity index (χ3v) is 2.37. The Morgan fingerprint density at radius 1 is 1.45 bits per heavy atom. The Hall–Kier alpha value is -0.790. The Morgan fingerprint density at radius 3 is 2.45 bits per heavy atom. The molecule has 62 valence electrons. The van der Waals surface area contributed by atoms with Gasteiger partial charge in [0.25, 0.3) is 0 Å². The first kappa shape index (κ1) is 8.31. The molecule has 0 amide bonds. The second kappa shape index (κ2) is 2.36. The van der Waals surface area contributed by atoms with E-state index >= 15 is 0 Å². The van der Waals surface area contributed by atoms with E-state index < -0.39 is 0 Å². The van der Waals surface area contributed by atoms with Crippen LogP contribution in [0, 0.1) is 5.41 Å². The van der Waals surface area contributed by atoms with Crippen LogP contribution in [0.5, 0.6) is 0 Å². The molecule has 1 N–H and O–H groups in total. The summed E-state index contributed by atoms with van der Waals surface area (Å²) >= 11 is 0. The average molecular weight is 154 g/mol. The van der Waals surface area contributed by atoms with E-state index in [9.17, 15) is 9.90 Å². The number of allylic oxidation sites excluding steroid dienone is 2. The Bertz CT molecular complexity index is 224. The molecule has 0 atom stereocenters. The maximum Gasteiger partial charge on any atom is 0.167 e. The Morgan fingerprint density at radius 2 is 2.00 bits per heavy atom. The lowest BCUT2D eigenvalue weighted by Gasteiger charge is -2.27. The monoisotopic (exact) mass is 154 g/mol. The molecular weight excluding hydrogens is 140 g/mol. The molecule has 0 aromatic heterocycles. The van der Waals surface area contributed by atoms with Crippen molar-refractivity contribution in [2.45, 2.75) is 33.6 Å². The molecule has 0 aromatic carbocycles. The quantitative estimate of drug-likeness (QED) is 0.580. The topological polar surface area (TPSA) is 37.3 Å². The van der Waals surface area contributed by atoms with Gasteiger partial charge in [0.05, 0.1) is 5.76 Å². The zero-order valence-corrected chi connectivity index (χ0v) is 7.27. The van der Waals surface area contributed by atoms with Crippen LogP contribution in [-0.2, 0) is 4.79 Å². The summed E-state index contributed by atoms with van der Waals surface area (Å²) < 4.78 is 0. The van der Waals surface area contributed by atoms with Gasteiger partial charge >= 0.3 is 0 Å². The number of carbonyl (C=O) groups excluding carboxylic acids is 1. The molecule has 1 rings (SSSR count). The summed E-state index contributed by atoms with van der Waals surface area (Å²) in [6.45, 7) is 5.54. The minimum absolute atomic E-state index is 0.0845. The minimum atomic E-state index is -0.268. The number of hydrogen-bond donors (Lipinski definition) is 1. The van der Waals surface area contributed by atoms with Crippen LogP contribution in [-0.4, -0.2) is 10.9 Å². The summed E-state index contributed by atoms with van der Waals surface area (Å²) in [6.07, 6.45) is 1.40. The number of rotatable bonds is 0. The van der Waals surface area contributed by atoms with Gasteiger partial charge in [-0.05, 0) is 13.3 Å². The summed E-state index contributed by atoms with van der Waals surface area (Å²) in [5, 5.41) is 9.24. The van der Waals surface area contributed by atoms with Gasteiger partial charge in [0.1, 0.15) is 0 Å². The van der Waals surface area contributed by atoms with Crippen LogP contribution >= 0.6 is 0 Å². The Kier molecular flexibility index (Phi) is 1.78. The highest BCUT2D eigenvalue weighted by atomic mass is 16.3. The van der Waals surface area contributed by atoms with Crippen LogP contribution in [0.4, 0.5) is 0 Å². The fraction of sp³-hybridized carbons (Fsp3) is 0.667. The fourth-order valence-corrected chi connectivity index (χ4v) is 1.37. The molecule has 11 heavy (non-hydrogen) atoms. The minimum Gasteiger partial charge on any atom is -0.512 e. The molecule has 0 fully saturated rings. The first-order valence-electron chi connectivity index (χ1n) is 3.88. The molecule has 0 radical (unpaired) electrons. The van der Waals surface area contributed by atoms with Gasteiger partial charge in [0.15, 0.2) is 5.78 Å². The molecule has 1 aliphatic rings. The van der Waals surface area contributed by atoms with Gasteiger partial charge in [-0.3, -0.25) is 4.79 Å². The lowest BCUT2D eigenvalue weighted by atomic mass is 9.76. The van der Waals surface area contributed by atoms with Crippen LogP contribution in [0.1, 0.15) is 33.6 Å².